The molecule has 0 amide bonds. The van der Waals surface area contributed by atoms with Gasteiger partial charge in [0.2, 0.25) is 5.95 Å². The normalized spacial score (nSPS) is 21.1. The molecule has 1 aliphatic rings. The van der Waals surface area contributed by atoms with E-state index in [4.69, 9.17) is 5.73 Å². The number of hydrogen-bond donors (Lipinski definition) is 4. The summed E-state index contributed by atoms with van der Waals surface area (Å²) in [7, 11) is 0. The van der Waals surface area contributed by atoms with E-state index in [0.717, 1.165) is 53.2 Å². The van der Waals surface area contributed by atoms with Gasteiger partial charge in [-0.2, -0.15) is 14.5 Å². The van der Waals surface area contributed by atoms with Gasteiger partial charge in [0.1, 0.15) is 16.0 Å². The molecule has 0 aliphatic heterocycles. The van der Waals surface area contributed by atoms with Crippen LogP contribution in [-0.2, 0) is 0 Å². The van der Waals surface area contributed by atoms with Crippen molar-refractivity contribution in [3.8, 4) is 0 Å². The molecular formula is C15H20N8S. The predicted octanol–water partition coefficient (Wildman–Crippen LogP) is 2.54. The lowest BCUT2D eigenvalue weighted by atomic mass is 9.92. The van der Waals surface area contributed by atoms with Gasteiger partial charge in [-0.05, 0) is 50.2 Å². The molecule has 3 aromatic rings. The van der Waals surface area contributed by atoms with Crippen molar-refractivity contribution in [1.29, 1.82) is 0 Å². The van der Waals surface area contributed by atoms with E-state index in [1.54, 1.807) is 6.20 Å². The van der Waals surface area contributed by atoms with Crippen molar-refractivity contribution in [3.05, 3.63) is 18.0 Å². The predicted molar refractivity (Wildman–Crippen MR) is 95.7 cm³/mol. The fourth-order valence-electron chi connectivity index (χ4n) is 2.99. The van der Waals surface area contributed by atoms with E-state index in [1.807, 2.05) is 13.0 Å². The van der Waals surface area contributed by atoms with Gasteiger partial charge in [-0.15, -0.1) is 0 Å². The number of H-pyrrole nitrogens is 1. The molecule has 3 heterocycles. The van der Waals surface area contributed by atoms with Gasteiger partial charge < -0.3 is 16.4 Å². The molecule has 9 heteroatoms. The van der Waals surface area contributed by atoms with Gasteiger partial charge in [0, 0.05) is 12.1 Å². The summed E-state index contributed by atoms with van der Waals surface area (Å²) in [6.07, 6.45) is 5.90. The maximum Gasteiger partial charge on any atom is 0.230 e. The Hall–Kier alpha value is -2.26. The first-order valence-electron chi connectivity index (χ1n) is 8.11. The molecule has 0 radical (unpaired) electrons. The third-order valence-corrected chi connectivity index (χ3v) is 5.07. The minimum Gasteiger partial charge on any atom is -0.365 e. The molecule has 1 aliphatic carbocycles. The van der Waals surface area contributed by atoms with E-state index in [2.05, 4.69) is 35.2 Å². The molecule has 0 atom stereocenters. The van der Waals surface area contributed by atoms with Crippen molar-refractivity contribution < 1.29 is 0 Å². The Kier molecular flexibility index (Phi) is 4.03. The second-order valence-corrected chi connectivity index (χ2v) is 7.04. The molecule has 24 heavy (non-hydrogen) atoms. The third-order valence-electron chi connectivity index (χ3n) is 4.28. The number of nitrogens with zero attached hydrogens (tertiary/aromatic N) is 4. The molecule has 1 saturated carbocycles. The highest BCUT2D eigenvalue weighted by molar-refractivity contribution is 7.10. The summed E-state index contributed by atoms with van der Waals surface area (Å²) in [5.74, 6) is 1.32. The second-order valence-electron chi connectivity index (χ2n) is 6.24. The largest absolute Gasteiger partial charge is 0.365 e. The molecule has 8 nitrogen and oxygen atoms in total. The molecule has 0 aromatic carbocycles. The molecule has 3 aromatic heterocycles. The van der Waals surface area contributed by atoms with Crippen molar-refractivity contribution in [2.45, 2.75) is 44.7 Å². The van der Waals surface area contributed by atoms with Crippen LogP contribution in [0.5, 0.6) is 0 Å². The standard InChI is InChI=1S/C15H20N8S/c1-8-6-12(24-23-8)20-15-19-11-7-17-22-13(11)14(21-15)18-10-4-2-9(16)3-5-10/h6-7,9-10H,2-5,16H2,1H3,(H,17,22)(H2,18,19,20,21). The smallest absolute Gasteiger partial charge is 0.230 e. The van der Waals surface area contributed by atoms with Gasteiger partial charge in [0.25, 0.3) is 0 Å². The molecule has 0 bridgehead atoms. The minimum absolute atomic E-state index is 0.326. The average Bonchev–Trinajstić information content (AvgIpc) is 3.19. The summed E-state index contributed by atoms with van der Waals surface area (Å²) in [4.78, 5) is 9.14. The molecule has 0 saturated heterocycles. The average molecular weight is 344 g/mol. The van der Waals surface area contributed by atoms with E-state index >= 15 is 0 Å². The summed E-state index contributed by atoms with van der Waals surface area (Å²) in [5.41, 5.74) is 8.58. The summed E-state index contributed by atoms with van der Waals surface area (Å²) >= 11 is 1.39. The number of anilines is 3. The van der Waals surface area contributed by atoms with Gasteiger partial charge in [0.15, 0.2) is 5.82 Å². The Labute approximate surface area is 143 Å². The van der Waals surface area contributed by atoms with Crippen molar-refractivity contribution in [3.63, 3.8) is 0 Å². The van der Waals surface area contributed by atoms with Crippen LogP contribution < -0.4 is 16.4 Å². The summed E-state index contributed by atoms with van der Waals surface area (Å²) in [6, 6.07) is 2.68. The van der Waals surface area contributed by atoms with E-state index in [0.29, 0.717) is 18.0 Å². The SMILES string of the molecule is Cc1cc(Nc2nc(NC3CCC(N)CC3)c3[nH]ncc3n2)sn1. The molecule has 1 fully saturated rings. The first kappa shape index (κ1) is 15.3. The van der Waals surface area contributed by atoms with Crippen LogP contribution in [0.3, 0.4) is 0 Å². The van der Waals surface area contributed by atoms with Crippen molar-refractivity contribution >= 4 is 39.3 Å². The lowest BCUT2D eigenvalue weighted by Crippen LogP contribution is -2.33. The van der Waals surface area contributed by atoms with Gasteiger partial charge >= 0.3 is 0 Å². The number of nitrogens with two attached hydrogens (primary N) is 1. The van der Waals surface area contributed by atoms with Crippen molar-refractivity contribution in [2.24, 2.45) is 5.73 Å². The Balaban J connectivity index is 1.60. The van der Waals surface area contributed by atoms with Crippen LogP contribution in [0, 0.1) is 6.92 Å². The summed E-state index contributed by atoms with van der Waals surface area (Å²) in [5, 5.41) is 14.8. The monoisotopic (exact) mass is 344 g/mol. The number of nitrogens with one attached hydrogen (secondary N) is 3. The number of fused-ring (bicyclic) bond motifs is 1. The second kappa shape index (κ2) is 6.33. The fourth-order valence-corrected chi connectivity index (χ4v) is 3.64. The molecule has 0 spiro atoms. The maximum absolute atomic E-state index is 5.99. The van der Waals surface area contributed by atoms with Crippen molar-refractivity contribution in [2.75, 3.05) is 10.6 Å². The Morgan fingerprint density at radius 3 is 2.83 bits per heavy atom. The number of aromatic amines is 1. The highest BCUT2D eigenvalue weighted by atomic mass is 32.1. The summed E-state index contributed by atoms with van der Waals surface area (Å²) < 4.78 is 4.27. The van der Waals surface area contributed by atoms with Crippen molar-refractivity contribution in [1.82, 2.24) is 24.5 Å². The van der Waals surface area contributed by atoms with Gasteiger partial charge in [0.05, 0.1) is 11.9 Å². The first-order valence-corrected chi connectivity index (χ1v) is 8.88. The number of hydrogen-bond acceptors (Lipinski definition) is 8. The highest BCUT2D eigenvalue weighted by Gasteiger charge is 2.20. The van der Waals surface area contributed by atoms with Crippen LogP contribution in [0.2, 0.25) is 0 Å². The Morgan fingerprint density at radius 2 is 2.08 bits per heavy atom. The van der Waals surface area contributed by atoms with Crippen LogP contribution in [0.15, 0.2) is 12.3 Å². The zero-order valence-corrected chi connectivity index (χ0v) is 14.2. The minimum atomic E-state index is 0.326. The zero-order chi connectivity index (χ0) is 16.5. The lowest BCUT2D eigenvalue weighted by molar-refractivity contribution is 0.410. The first-order chi connectivity index (χ1) is 11.7. The van der Waals surface area contributed by atoms with Crippen LogP contribution in [0.25, 0.3) is 11.0 Å². The van der Waals surface area contributed by atoms with Crippen LogP contribution >= 0.6 is 11.5 Å². The molecule has 126 valence electrons. The number of aryl methyl sites for hydroxylation is 1. The maximum atomic E-state index is 5.99. The van der Waals surface area contributed by atoms with E-state index in [-0.39, 0.29) is 0 Å². The number of rotatable bonds is 4. The topological polar surface area (TPSA) is 117 Å². The lowest BCUT2D eigenvalue weighted by Gasteiger charge is -2.27. The summed E-state index contributed by atoms with van der Waals surface area (Å²) in [6.45, 7) is 1.96. The fraction of sp³-hybridized carbons (Fsp3) is 0.467. The van der Waals surface area contributed by atoms with E-state index in [9.17, 15) is 0 Å². The van der Waals surface area contributed by atoms with Crippen LogP contribution in [0.4, 0.5) is 16.8 Å². The molecular weight excluding hydrogens is 324 g/mol. The Bertz CT molecular complexity index is 833. The van der Waals surface area contributed by atoms with Crippen LogP contribution in [0.1, 0.15) is 31.4 Å². The van der Waals surface area contributed by atoms with Gasteiger partial charge in [-0.25, -0.2) is 4.98 Å². The van der Waals surface area contributed by atoms with Gasteiger partial charge in [-0.1, -0.05) is 0 Å². The van der Waals surface area contributed by atoms with E-state index in [1.165, 1.54) is 11.5 Å². The molecule has 4 rings (SSSR count). The molecule has 5 N–H and O–H groups in total. The van der Waals surface area contributed by atoms with Crippen LogP contribution in [-0.4, -0.2) is 36.6 Å². The van der Waals surface area contributed by atoms with Gasteiger partial charge in [-0.3, -0.25) is 5.10 Å². The number of aromatic nitrogens is 5. The Morgan fingerprint density at radius 1 is 1.25 bits per heavy atom. The quantitative estimate of drug-likeness (QED) is 0.574. The van der Waals surface area contributed by atoms with E-state index < -0.39 is 0 Å². The zero-order valence-electron chi connectivity index (χ0n) is 13.4. The third kappa shape index (κ3) is 3.17. The highest BCUT2D eigenvalue weighted by Crippen LogP contribution is 2.26. The molecule has 0 unspecified atom stereocenters.